The summed E-state index contributed by atoms with van der Waals surface area (Å²) < 4.78 is 28.3. The average Bonchev–Trinajstić information content (AvgIpc) is 2.26. The van der Waals surface area contributed by atoms with Gasteiger partial charge in [0.15, 0.2) is 0 Å². The quantitative estimate of drug-likeness (QED) is 0.786. The summed E-state index contributed by atoms with van der Waals surface area (Å²) in [5.41, 5.74) is 0.472. The first-order valence-corrected chi connectivity index (χ1v) is 6.81. The molecule has 1 aromatic rings. The lowest BCUT2D eigenvalue weighted by atomic mass is 10.2. The highest BCUT2D eigenvalue weighted by Crippen LogP contribution is 2.24. The van der Waals surface area contributed by atoms with Gasteiger partial charge in [0, 0.05) is 7.05 Å². The number of benzene rings is 1. The van der Waals surface area contributed by atoms with E-state index in [1.54, 1.807) is 0 Å². The summed E-state index contributed by atoms with van der Waals surface area (Å²) in [5, 5.41) is 0.211. The number of esters is 1. The van der Waals surface area contributed by atoms with E-state index in [1.807, 2.05) is 0 Å². The molecule has 1 aromatic carbocycles. The lowest BCUT2D eigenvalue weighted by Gasteiger charge is -2.17. The minimum atomic E-state index is -3.38. The second-order valence-electron chi connectivity index (χ2n) is 3.39. The number of sulfonamides is 1. The van der Waals surface area contributed by atoms with Gasteiger partial charge in [0.05, 0.1) is 29.6 Å². The Balaban J connectivity index is 3.26. The second-order valence-corrected chi connectivity index (χ2v) is 5.81. The van der Waals surface area contributed by atoms with Crippen molar-refractivity contribution in [1.29, 1.82) is 0 Å². The van der Waals surface area contributed by atoms with E-state index >= 15 is 0 Å². The summed E-state index contributed by atoms with van der Waals surface area (Å²) in [6.45, 7) is 0. The molecule has 0 N–H and O–H groups in total. The number of nitrogens with zero attached hydrogens (tertiary/aromatic N) is 1. The van der Waals surface area contributed by atoms with Crippen LogP contribution in [0.2, 0.25) is 5.02 Å². The van der Waals surface area contributed by atoms with Crippen LogP contribution in [0.5, 0.6) is 0 Å². The van der Waals surface area contributed by atoms with Gasteiger partial charge in [-0.05, 0) is 18.2 Å². The number of carbonyl (C=O) groups is 1. The van der Waals surface area contributed by atoms with Gasteiger partial charge in [-0.1, -0.05) is 11.6 Å². The first-order valence-electron chi connectivity index (χ1n) is 4.59. The molecule has 0 unspecified atom stereocenters. The predicted octanol–water partition coefficient (Wildman–Crippen LogP) is 1.52. The molecule has 0 radical (unpaired) electrons. The molecule has 5 nitrogen and oxygen atoms in total. The normalized spacial score (nSPS) is 11.1. The minimum absolute atomic E-state index is 0.127. The van der Waals surface area contributed by atoms with Gasteiger partial charge in [0.25, 0.3) is 0 Å². The van der Waals surface area contributed by atoms with Crippen LogP contribution in [-0.4, -0.2) is 34.8 Å². The zero-order valence-electron chi connectivity index (χ0n) is 9.60. The maximum atomic E-state index is 11.4. The number of hydrogen-bond acceptors (Lipinski definition) is 4. The van der Waals surface area contributed by atoms with Crippen LogP contribution in [0.3, 0.4) is 0 Å². The van der Waals surface area contributed by atoms with E-state index in [9.17, 15) is 13.2 Å². The van der Waals surface area contributed by atoms with Gasteiger partial charge < -0.3 is 4.74 Å². The molecule has 0 spiro atoms. The van der Waals surface area contributed by atoms with E-state index in [4.69, 9.17) is 11.6 Å². The first kappa shape index (κ1) is 13.8. The van der Waals surface area contributed by atoms with Gasteiger partial charge >= 0.3 is 5.97 Å². The smallest absolute Gasteiger partial charge is 0.339 e. The summed E-state index contributed by atoms with van der Waals surface area (Å²) in [5.74, 6) is -0.612. The number of carbonyl (C=O) groups excluding carboxylic acids is 1. The van der Waals surface area contributed by atoms with Crippen molar-refractivity contribution in [3.63, 3.8) is 0 Å². The van der Waals surface area contributed by atoms with Crippen LogP contribution >= 0.6 is 11.6 Å². The van der Waals surface area contributed by atoms with E-state index < -0.39 is 16.0 Å². The highest BCUT2D eigenvalue weighted by molar-refractivity contribution is 7.92. The molecule has 0 aliphatic carbocycles. The van der Waals surface area contributed by atoms with E-state index in [0.29, 0.717) is 5.69 Å². The fourth-order valence-corrected chi connectivity index (χ4v) is 1.86. The number of halogens is 1. The van der Waals surface area contributed by atoms with Crippen molar-refractivity contribution in [2.24, 2.45) is 0 Å². The molecular weight excluding hydrogens is 266 g/mol. The molecule has 0 heterocycles. The molecule has 0 bridgehead atoms. The van der Waals surface area contributed by atoms with Crippen LogP contribution in [0.4, 0.5) is 5.69 Å². The molecule has 7 heteroatoms. The lowest BCUT2D eigenvalue weighted by Crippen LogP contribution is -2.25. The van der Waals surface area contributed by atoms with Crippen molar-refractivity contribution in [2.75, 3.05) is 24.7 Å². The zero-order valence-corrected chi connectivity index (χ0v) is 11.2. The van der Waals surface area contributed by atoms with Gasteiger partial charge in [-0.2, -0.15) is 0 Å². The SMILES string of the molecule is COC(=O)c1cc(N(C)S(C)(=O)=O)ccc1Cl. The number of rotatable bonds is 3. The van der Waals surface area contributed by atoms with Gasteiger partial charge in [0.2, 0.25) is 10.0 Å². The monoisotopic (exact) mass is 277 g/mol. The zero-order chi connectivity index (χ0) is 13.2. The summed E-state index contributed by atoms with van der Waals surface area (Å²) in [6.07, 6.45) is 1.07. The molecule has 17 heavy (non-hydrogen) atoms. The Hall–Kier alpha value is -1.27. The maximum Gasteiger partial charge on any atom is 0.339 e. The third-order valence-electron chi connectivity index (χ3n) is 2.22. The van der Waals surface area contributed by atoms with Crippen molar-refractivity contribution in [3.05, 3.63) is 28.8 Å². The molecule has 0 aromatic heterocycles. The average molecular weight is 278 g/mol. The number of ether oxygens (including phenoxy) is 1. The highest BCUT2D eigenvalue weighted by Gasteiger charge is 2.16. The lowest BCUT2D eigenvalue weighted by molar-refractivity contribution is 0.0601. The van der Waals surface area contributed by atoms with Crippen LogP contribution in [0, 0.1) is 0 Å². The van der Waals surface area contributed by atoms with Crippen molar-refractivity contribution < 1.29 is 17.9 Å². The van der Waals surface area contributed by atoms with Crippen LogP contribution < -0.4 is 4.31 Å². The number of anilines is 1. The van der Waals surface area contributed by atoms with Gasteiger partial charge in [-0.3, -0.25) is 4.31 Å². The van der Waals surface area contributed by atoms with Crippen molar-refractivity contribution in [2.45, 2.75) is 0 Å². The van der Waals surface area contributed by atoms with Crippen LogP contribution in [0.25, 0.3) is 0 Å². The third kappa shape index (κ3) is 3.10. The van der Waals surface area contributed by atoms with Crippen molar-refractivity contribution in [3.8, 4) is 0 Å². The Kier molecular flexibility index (Phi) is 4.00. The Morgan fingerprint density at radius 2 is 2.00 bits per heavy atom. The molecule has 94 valence electrons. The fraction of sp³-hybridized carbons (Fsp3) is 0.300. The topological polar surface area (TPSA) is 63.7 Å². The molecular formula is C10H12ClNO4S. The van der Waals surface area contributed by atoms with Gasteiger partial charge in [-0.25, -0.2) is 13.2 Å². The van der Waals surface area contributed by atoms with Crippen molar-refractivity contribution >= 4 is 33.3 Å². The molecule has 0 saturated carbocycles. The first-order chi connectivity index (χ1) is 7.77. The molecule has 0 aliphatic rings. The summed E-state index contributed by atoms with van der Waals surface area (Å²) in [4.78, 5) is 11.4. The summed E-state index contributed by atoms with van der Waals surface area (Å²) >= 11 is 5.82. The van der Waals surface area contributed by atoms with Crippen LogP contribution in [0.1, 0.15) is 10.4 Å². The minimum Gasteiger partial charge on any atom is -0.465 e. The molecule has 0 amide bonds. The maximum absolute atomic E-state index is 11.4. The predicted molar refractivity (Wildman–Crippen MR) is 66.0 cm³/mol. The highest BCUT2D eigenvalue weighted by atomic mass is 35.5. The van der Waals surface area contributed by atoms with Gasteiger partial charge in [-0.15, -0.1) is 0 Å². The largest absolute Gasteiger partial charge is 0.465 e. The van der Waals surface area contributed by atoms with Crippen LogP contribution in [-0.2, 0) is 14.8 Å². The van der Waals surface area contributed by atoms with E-state index in [1.165, 1.54) is 32.4 Å². The molecule has 0 saturated heterocycles. The molecule has 0 fully saturated rings. The molecule has 0 atom stereocenters. The third-order valence-corrected chi connectivity index (χ3v) is 3.75. The van der Waals surface area contributed by atoms with E-state index in [-0.39, 0.29) is 10.6 Å². The van der Waals surface area contributed by atoms with Gasteiger partial charge in [0.1, 0.15) is 0 Å². The Labute approximate surface area is 105 Å². The molecule has 1 rings (SSSR count). The number of methoxy groups -OCH3 is 1. The standard InChI is InChI=1S/C10H12ClNO4S/c1-12(17(3,14)15)7-4-5-9(11)8(6-7)10(13)16-2/h4-6H,1-3H3. The van der Waals surface area contributed by atoms with E-state index in [2.05, 4.69) is 4.74 Å². The fourth-order valence-electron chi connectivity index (χ4n) is 1.17. The number of hydrogen-bond donors (Lipinski definition) is 0. The summed E-state index contributed by atoms with van der Waals surface area (Å²) in [6, 6.07) is 4.33. The van der Waals surface area contributed by atoms with Crippen LogP contribution in [0.15, 0.2) is 18.2 Å². The summed E-state index contributed by atoms with van der Waals surface area (Å²) in [7, 11) is -0.763. The molecule has 0 aliphatic heterocycles. The van der Waals surface area contributed by atoms with Crippen molar-refractivity contribution in [1.82, 2.24) is 0 Å². The Bertz CT molecular complexity index is 541. The van der Waals surface area contributed by atoms with E-state index in [0.717, 1.165) is 10.6 Å². The Morgan fingerprint density at radius 1 is 1.41 bits per heavy atom. The second kappa shape index (κ2) is 4.93. The Morgan fingerprint density at radius 3 is 2.47 bits per heavy atom.